The summed E-state index contributed by atoms with van der Waals surface area (Å²) in [6.07, 6.45) is 20.7. The van der Waals surface area contributed by atoms with E-state index in [1.807, 2.05) is 0 Å². The minimum atomic E-state index is 0.974. The van der Waals surface area contributed by atoms with Crippen molar-refractivity contribution in [1.29, 1.82) is 0 Å². The van der Waals surface area contributed by atoms with Crippen LogP contribution in [0.2, 0.25) is 0 Å². The number of hydrogen-bond donors (Lipinski definition) is 0. The van der Waals surface area contributed by atoms with Crippen molar-refractivity contribution in [3.05, 3.63) is 0 Å². The van der Waals surface area contributed by atoms with Crippen LogP contribution in [-0.4, -0.2) is 0 Å². The first-order valence-corrected chi connectivity index (χ1v) is 8.88. The average Bonchev–Trinajstić information content (AvgIpc) is 2.43. The Morgan fingerprint density at radius 3 is 1.32 bits per heavy atom. The van der Waals surface area contributed by atoms with E-state index in [9.17, 15) is 0 Å². The van der Waals surface area contributed by atoms with Crippen LogP contribution >= 0.6 is 11.6 Å². The van der Waals surface area contributed by atoms with Gasteiger partial charge in [0.1, 0.15) is 0 Å². The zero-order valence-corrected chi connectivity index (χ0v) is 13.7. The Kier molecular flexibility index (Phi) is 17.7. The van der Waals surface area contributed by atoms with Crippen LogP contribution < -0.4 is 0 Å². The number of hydrogen-bond acceptors (Lipinski definition) is 0. The Bertz CT molecular complexity index is 211. The first-order chi connectivity index (χ1) is 9.41. The molecule has 0 spiro atoms. The van der Waals surface area contributed by atoms with Gasteiger partial charge in [-0.25, -0.2) is 0 Å². The van der Waals surface area contributed by atoms with E-state index in [4.69, 9.17) is 11.6 Å². The van der Waals surface area contributed by atoms with Crippen LogP contribution in [0.5, 0.6) is 0 Å². The van der Waals surface area contributed by atoms with E-state index in [1.165, 1.54) is 89.9 Å². The molecular weight excluding hydrogens is 252 g/mol. The second kappa shape index (κ2) is 17.8. The summed E-state index contributed by atoms with van der Waals surface area (Å²) in [7, 11) is 0. The highest BCUT2D eigenvalue weighted by atomic mass is 35.5. The third-order valence-electron chi connectivity index (χ3n) is 3.72. The third-order valence-corrected chi connectivity index (χ3v) is 3.86. The van der Waals surface area contributed by atoms with E-state index in [0.717, 1.165) is 6.42 Å². The molecule has 1 heteroatoms. The summed E-state index contributed by atoms with van der Waals surface area (Å²) in [6, 6.07) is 0. The SMILES string of the molecule is CCCCCCCCCCCCCCCCC#CCl. The molecule has 0 aliphatic rings. The van der Waals surface area contributed by atoms with Gasteiger partial charge < -0.3 is 0 Å². The van der Waals surface area contributed by atoms with Gasteiger partial charge in [0.2, 0.25) is 0 Å². The first-order valence-electron chi connectivity index (χ1n) is 8.50. The topological polar surface area (TPSA) is 0 Å². The lowest BCUT2D eigenvalue weighted by molar-refractivity contribution is 0.536. The molecule has 0 saturated heterocycles. The molecular formula is C18H33Cl. The summed E-state index contributed by atoms with van der Waals surface area (Å²) in [5.41, 5.74) is 0. The molecule has 0 heterocycles. The molecule has 0 atom stereocenters. The fraction of sp³-hybridized carbons (Fsp3) is 0.889. The molecule has 0 aliphatic carbocycles. The molecule has 0 rings (SSSR count). The fourth-order valence-corrected chi connectivity index (χ4v) is 2.55. The molecule has 19 heavy (non-hydrogen) atoms. The molecule has 0 aliphatic heterocycles. The van der Waals surface area contributed by atoms with Crippen molar-refractivity contribution in [2.45, 2.75) is 103 Å². The van der Waals surface area contributed by atoms with Crippen molar-refractivity contribution < 1.29 is 0 Å². The summed E-state index contributed by atoms with van der Waals surface area (Å²) in [5.74, 6) is 2.91. The van der Waals surface area contributed by atoms with E-state index >= 15 is 0 Å². The van der Waals surface area contributed by atoms with Crippen LogP contribution in [0.15, 0.2) is 0 Å². The van der Waals surface area contributed by atoms with Gasteiger partial charge in [-0.1, -0.05) is 96.3 Å². The van der Waals surface area contributed by atoms with Crippen molar-refractivity contribution >= 4 is 11.6 Å². The summed E-state index contributed by atoms with van der Waals surface area (Å²) >= 11 is 5.30. The molecule has 0 aromatic heterocycles. The highest BCUT2D eigenvalue weighted by Gasteiger charge is 1.93. The lowest BCUT2D eigenvalue weighted by Crippen LogP contribution is -1.83. The molecule has 0 amide bonds. The maximum atomic E-state index is 5.30. The maximum Gasteiger partial charge on any atom is 0.0101 e. The van der Waals surface area contributed by atoms with Crippen molar-refractivity contribution in [2.75, 3.05) is 0 Å². The van der Waals surface area contributed by atoms with Crippen molar-refractivity contribution in [1.82, 2.24) is 0 Å². The lowest BCUT2D eigenvalue weighted by Gasteiger charge is -2.02. The summed E-state index contributed by atoms with van der Waals surface area (Å²) in [5, 5.41) is 2.44. The first kappa shape index (κ1) is 18.9. The Morgan fingerprint density at radius 2 is 0.947 bits per heavy atom. The van der Waals surface area contributed by atoms with Crippen molar-refractivity contribution in [3.8, 4) is 11.3 Å². The molecule has 112 valence electrons. The van der Waals surface area contributed by atoms with Crippen LogP contribution in [0.1, 0.15) is 103 Å². The molecule has 0 radical (unpaired) electrons. The van der Waals surface area contributed by atoms with E-state index in [0.29, 0.717) is 0 Å². The minimum Gasteiger partial charge on any atom is -0.0859 e. The Morgan fingerprint density at radius 1 is 0.579 bits per heavy atom. The van der Waals surface area contributed by atoms with Crippen LogP contribution in [0.4, 0.5) is 0 Å². The molecule has 0 aromatic carbocycles. The number of unbranched alkanes of at least 4 members (excludes halogenated alkanes) is 14. The number of rotatable bonds is 14. The summed E-state index contributed by atoms with van der Waals surface area (Å²) in [6.45, 7) is 2.28. The predicted molar refractivity (Wildman–Crippen MR) is 88.6 cm³/mol. The molecule has 0 fully saturated rings. The summed E-state index contributed by atoms with van der Waals surface area (Å²) < 4.78 is 0. The zero-order valence-electron chi connectivity index (χ0n) is 13.0. The van der Waals surface area contributed by atoms with E-state index in [-0.39, 0.29) is 0 Å². The Labute approximate surface area is 126 Å². The van der Waals surface area contributed by atoms with Gasteiger partial charge in [-0.2, -0.15) is 0 Å². The minimum absolute atomic E-state index is 0.974. The van der Waals surface area contributed by atoms with Crippen LogP contribution in [0, 0.1) is 11.3 Å². The highest BCUT2D eigenvalue weighted by Crippen LogP contribution is 2.13. The van der Waals surface area contributed by atoms with Crippen molar-refractivity contribution in [2.24, 2.45) is 0 Å². The fourth-order valence-electron chi connectivity index (χ4n) is 2.46. The van der Waals surface area contributed by atoms with Gasteiger partial charge in [-0.15, -0.1) is 0 Å². The number of halogens is 1. The molecule has 0 bridgehead atoms. The van der Waals surface area contributed by atoms with Gasteiger partial charge in [-0.05, 0) is 18.0 Å². The standard InChI is InChI=1S/C18H33Cl/c1-2-3-4-5-6-7-8-9-10-11-12-13-14-15-16-17-18-19/h2-16H2,1H3. The largest absolute Gasteiger partial charge is 0.0859 e. The van der Waals surface area contributed by atoms with Crippen molar-refractivity contribution in [3.63, 3.8) is 0 Å². The zero-order chi connectivity index (χ0) is 14.0. The second-order valence-corrected chi connectivity index (χ2v) is 5.81. The van der Waals surface area contributed by atoms with E-state index in [2.05, 4.69) is 18.2 Å². The Hall–Kier alpha value is -0.150. The lowest BCUT2D eigenvalue weighted by atomic mass is 10.0. The van der Waals surface area contributed by atoms with E-state index in [1.54, 1.807) is 0 Å². The molecule has 0 N–H and O–H groups in total. The molecule has 0 unspecified atom stereocenters. The van der Waals surface area contributed by atoms with Gasteiger partial charge in [0.15, 0.2) is 0 Å². The molecule has 0 saturated carbocycles. The normalized spacial score (nSPS) is 10.2. The van der Waals surface area contributed by atoms with E-state index < -0.39 is 0 Å². The maximum absolute atomic E-state index is 5.30. The van der Waals surface area contributed by atoms with Crippen LogP contribution in [-0.2, 0) is 0 Å². The monoisotopic (exact) mass is 284 g/mol. The van der Waals surface area contributed by atoms with Gasteiger partial charge in [0.25, 0.3) is 0 Å². The quantitative estimate of drug-likeness (QED) is 0.237. The third kappa shape index (κ3) is 17.9. The molecule has 0 aromatic rings. The van der Waals surface area contributed by atoms with Crippen LogP contribution in [0.25, 0.3) is 0 Å². The predicted octanol–water partition coefficient (Wildman–Crippen LogP) is 7.06. The molecule has 0 nitrogen and oxygen atoms in total. The van der Waals surface area contributed by atoms with Gasteiger partial charge in [0, 0.05) is 11.8 Å². The Balaban J connectivity index is 2.92. The van der Waals surface area contributed by atoms with Gasteiger partial charge in [-0.3, -0.25) is 0 Å². The van der Waals surface area contributed by atoms with Gasteiger partial charge in [0.05, 0.1) is 0 Å². The highest BCUT2D eigenvalue weighted by molar-refractivity contribution is 6.30. The van der Waals surface area contributed by atoms with Gasteiger partial charge >= 0.3 is 0 Å². The second-order valence-electron chi connectivity index (χ2n) is 5.62. The van der Waals surface area contributed by atoms with Crippen LogP contribution in [0.3, 0.4) is 0 Å². The average molecular weight is 285 g/mol. The smallest absolute Gasteiger partial charge is 0.0101 e. The summed E-state index contributed by atoms with van der Waals surface area (Å²) in [4.78, 5) is 0.